The molecule has 31 heavy (non-hydrogen) atoms. The van der Waals surface area contributed by atoms with Gasteiger partial charge in [0.2, 0.25) is 0 Å². The quantitative estimate of drug-likeness (QED) is 0.157. The molecule has 1 N–H and O–H groups in total. The van der Waals surface area contributed by atoms with Crippen LogP contribution in [0.2, 0.25) is 0 Å². The zero-order chi connectivity index (χ0) is 22.2. The molecule has 0 radical (unpaired) electrons. The van der Waals surface area contributed by atoms with E-state index in [1.807, 2.05) is 0 Å². The van der Waals surface area contributed by atoms with Crippen LogP contribution < -0.4 is 0 Å². The van der Waals surface area contributed by atoms with Crippen LogP contribution in [0.3, 0.4) is 0 Å². The Morgan fingerprint density at radius 2 is 1.19 bits per heavy atom. The fourth-order valence-corrected chi connectivity index (χ4v) is 4.31. The standard InChI is InChI=1S/C27H54O4/c1-2-3-4-5-6-7-8-9-10-11-12-13-14-15-18-21-27-30-25-26(31-27)24-29-23-20-17-16-19-22-28/h26-28H,2-25H2,1H3/t26-,27-/m0/s1. The Bertz CT molecular complexity index is 350. The molecule has 1 aliphatic rings. The van der Waals surface area contributed by atoms with Crippen molar-refractivity contribution in [3.8, 4) is 0 Å². The normalized spacial score (nSPS) is 18.8. The Morgan fingerprint density at radius 1 is 0.677 bits per heavy atom. The van der Waals surface area contributed by atoms with Crippen LogP contribution in [0, 0.1) is 0 Å². The molecule has 1 rings (SSSR count). The van der Waals surface area contributed by atoms with E-state index in [1.54, 1.807) is 0 Å². The summed E-state index contributed by atoms with van der Waals surface area (Å²) in [7, 11) is 0. The number of aliphatic hydroxyl groups excluding tert-OH is 1. The van der Waals surface area contributed by atoms with Crippen LogP contribution in [0.5, 0.6) is 0 Å². The maximum Gasteiger partial charge on any atom is 0.158 e. The van der Waals surface area contributed by atoms with Crippen molar-refractivity contribution < 1.29 is 19.3 Å². The van der Waals surface area contributed by atoms with Crippen molar-refractivity contribution in [2.45, 2.75) is 148 Å². The monoisotopic (exact) mass is 442 g/mol. The predicted octanol–water partition coefficient (Wildman–Crippen LogP) is 7.56. The smallest absolute Gasteiger partial charge is 0.158 e. The van der Waals surface area contributed by atoms with Crippen molar-refractivity contribution in [3.05, 3.63) is 0 Å². The first-order chi connectivity index (χ1) is 15.4. The molecule has 0 unspecified atom stereocenters. The van der Waals surface area contributed by atoms with Gasteiger partial charge in [0.25, 0.3) is 0 Å². The molecule has 4 nitrogen and oxygen atoms in total. The van der Waals surface area contributed by atoms with Gasteiger partial charge in [-0.3, -0.25) is 0 Å². The van der Waals surface area contributed by atoms with Gasteiger partial charge in [0.05, 0.1) is 13.2 Å². The van der Waals surface area contributed by atoms with Gasteiger partial charge in [-0.1, -0.05) is 110 Å². The van der Waals surface area contributed by atoms with Crippen molar-refractivity contribution in [2.75, 3.05) is 26.4 Å². The second kappa shape index (κ2) is 23.0. The van der Waals surface area contributed by atoms with E-state index < -0.39 is 0 Å². The average Bonchev–Trinajstić information content (AvgIpc) is 3.23. The first-order valence-electron chi connectivity index (χ1n) is 13.8. The first kappa shape index (κ1) is 28.9. The zero-order valence-electron chi connectivity index (χ0n) is 20.8. The van der Waals surface area contributed by atoms with Crippen LogP contribution in [-0.2, 0) is 14.2 Å². The van der Waals surface area contributed by atoms with Crippen LogP contribution in [-0.4, -0.2) is 43.9 Å². The second-order valence-corrected chi connectivity index (χ2v) is 9.47. The molecule has 0 spiro atoms. The Kier molecular flexibility index (Phi) is 21.4. The van der Waals surface area contributed by atoms with Crippen molar-refractivity contribution in [2.24, 2.45) is 0 Å². The third kappa shape index (κ3) is 19.1. The third-order valence-electron chi connectivity index (χ3n) is 6.36. The topological polar surface area (TPSA) is 47.9 Å². The summed E-state index contributed by atoms with van der Waals surface area (Å²) >= 11 is 0. The van der Waals surface area contributed by atoms with Crippen LogP contribution in [0.15, 0.2) is 0 Å². The van der Waals surface area contributed by atoms with Crippen LogP contribution in [0.25, 0.3) is 0 Å². The highest BCUT2D eigenvalue weighted by molar-refractivity contribution is 4.65. The van der Waals surface area contributed by atoms with Gasteiger partial charge in [-0.25, -0.2) is 0 Å². The Hall–Kier alpha value is -0.160. The number of hydrogen-bond donors (Lipinski definition) is 1. The maximum atomic E-state index is 8.76. The van der Waals surface area contributed by atoms with Crippen LogP contribution in [0.1, 0.15) is 135 Å². The molecule has 186 valence electrons. The number of ether oxygens (including phenoxy) is 3. The van der Waals surface area contributed by atoms with E-state index in [-0.39, 0.29) is 12.4 Å². The largest absolute Gasteiger partial charge is 0.396 e. The average molecular weight is 443 g/mol. The van der Waals surface area contributed by atoms with E-state index in [2.05, 4.69) is 6.92 Å². The maximum absolute atomic E-state index is 8.76. The van der Waals surface area contributed by atoms with Crippen molar-refractivity contribution in [1.82, 2.24) is 0 Å². The second-order valence-electron chi connectivity index (χ2n) is 9.47. The lowest BCUT2D eigenvalue weighted by Crippen LogP contribution is -2.19. The third-order valence-corrected chi connectivity index (χ3v) is 6.36. The molecule has 1 fully saturated rings. The molecule has 2 atom stereocenters. The molecule has 1 aliphatic heterocycles. The molecule has 0 amide bonds. The lowest BCUT2D eigenvalue weighted by molar-refractivity contribution is -0.0761. The van der Waals surface area contributed by atoms with E-state index in [0.717, 1.165) is 38.7 Å². The minimum atomic E-state index is -0.0138. The van der Waals surface area contributed by atoms with Gasteiger partial charge in [-0.15, -0.1) is 0 Å². The SMILES string of the molecule is CCCCCCCCCCCCCCCCC[C@H]1OC[C@H](COCCCCCCO)O1. The molecule has 1 heterocycles. The van der Waals surface area contributed by atoms with Gasteiger partial charge in [0.15, 0.2) is 6.29 Å². The van der Waals surface area contributed by atoms with Gasteiger partial charge in [0.1, 0.15) is 6.10 Å². The van der Waals surface area contributed by atoms with E-state index in [9.17, 15) is 0 Å². The van der Waals surface area contributed by atoms with Crippen molar-refractivity contribution >= 4 is 0 Å². The highest BCUT2D eigenvalue weighted by atomic mass is 16.7. The van der Waals surface area contributed by atoms with Crippen molar-refractivity contribution in [1.29, 1.82) is 0 Å². The number of aliphatic hydroxyl groups is 1. The molecule has 0 saturated carbocycles. The summed E-state index contributed by atoms with van der Waals surface area (Å²) in [6, 6.07) is 0. The zero-order valence-corrected chi connectivity index (χ0v) is 20.8. The number of rotatable bonds is 24. The summed E-state index contributed by atoms with van der Waals surface area (Å²) in [6.07, 6.45) is 26.3. The molecular weight excluding hydrogens is 388 g/mol. The minimum absolute atomic E-state index is 0.0138. The van der Waals surface area contributed by atoms with Gasteiger partial charge in [-0.05, 0) is 25.7 Å². The molecule has 1 saturated heterocycles. The van der Waals surface area contributed by atoms with E-state index >= 15 is 0 Å². The Labute approximate surface area is 193 Å². The molecule has 0 aromatic carbocycles. The van der Waals surface area contributed by atoms with Gasteiger partial charge >= 0.3 is 0 Å². The summed E-state index contributed by atoms with van der Waals surface area (Å²) in [5.74, 6) is 0. The fourth-order valence-electron chi connectivity index (χ4n) is 4.31. The fraction of sp³-hybridized carbons (Fsp3) is 1.00. The molecule has 4 heteroatoms. The first-order valence-corrected chi connectivity index (χ1v) is 13.8. The lowest BCUT2D eigenvalue weighted by Gasteiger charge is -2.12. The molecule has 0 aromatic heterocycles. The minimum Gasteiger partial charge on any atom is -0.396 e. The summed E-state index contributed by atoms with van der Waals surface area (Å²) in [6.45, 7) is 4.70. The van der Waals surface area contributed by atoms with Crippen LogP contribution in [0.4, 0.5) is 0 Å². The molecule has 0 aromatic rings. The molecular formula is C27H54O4. The highest BCUT2D eigenvalue weighted by Crippen LogP contribution is 2.19. The van der Waals surface area contributed by atoms with E-state index in [0.29, 0.717) is 19.8 Å². The summed E-state index contributed by atoms with van der Waals surface area (Å²) in [5, 5.41) is 8.76. The predicted molar refractivity (Wildman–Crippen MR) is 131 cm³/mol. The van der Waals surface area contributed by atoms with Gasteiger partial charge in [-0.2, -0.15) is 0 Å². The lowest BCUT2D eigenvalue weighted by atomic mass is 10.0. The number of hydrogen-bond acceptors (Lipinski definition) is 4. The van der Waals surface area contributed by atoms with Crippen LogP contribution >= 0.6 is 0 Å². The van der Waals surface area contributed by atoms with Crippen molar-refractivity contribution in [3.63, 3.8) is 0 Å². The van der Waals surface area contributed by atoms with Gasteiger partial charge < -0.3 is 19.3 Å². The summed E-state index contributed by atoms with van der Waals surface area (Å²) < 4.78 is 17.4. The Balaban J connectivity index is 1.75. The number of unbranched alkanes of at least 4 members (excludes halogenated alkanes) is 17. The molecule has 0 bridgehead atoms. The molecule has 0 aliphatic carbocycles. The highest BCUT2D eigenvalue weighted by Gasteiger charge is 2.25. The van der Waals surface area contributed by atoms with Gasteiger partial charge in [0, 0.05) is 13.2 Å². The van der Waals surface area contributed by atoms with E-state index in [1.165, 1.54) is 96.3 Å². The Morgan fingerprint density at radius 3 is 1.77 bits per heavy atom. The summed E-state index contributed by atoms with van der Waals surface area (Å²) in [4.78, 5) is 0. The summed E-state index contributed by atoms with van der Waals surface area (Å²) in [5.41, 5.74) is 0. The van der Waals surface area contributed by atoms with E-state index in [4.69, 9.17) is 19.3 Å².